The van der Waals surface area contributed by atoms with Crippen molar-refractivity contribution in [3.8, 4) is 11.5 Å². The van der Waals surface area contributed by atoms with Gasteiger partial charge in [-0.25, -0.2) is 0 Å². The van der Waals surface area contributed by atoms with Crippen molar-refractivity contribution in [2.45, 2.75) is 13.0 Å². The van der Waals surface area contributed by atoms with Gasteiger partial charge in [0.05, 0.1) is 14.2 Å². The molecule has 1 saturated heterocycles. The predicted molar refractivity (Wildman–Crippen MR) is 72.9 cm³/mol. The summed E-state index contributed by atoms with van der Waals surface area (Å²) in [5, 5.41) is 3.32. The highest BCUT2D eigenvalue weighted by atomic mass is 16.5. The van der Waals surface area contributed by atoms with Crippen molar-refractivity contribution < 1.29 is 14.3 Å². The molecule has 1 unspecified atom stereocenters. The number of nitrogens with zero attached hydrogens (tertiary/aromatic N) is 1. The number of carbonyl (C=O) groups is 1. The first kappa shape index (κ1) is 13.7. The van der Waals surface area contributed by atoms with Crippen LogP contribution in [0.5, 0.6) is 11.5 Å². The predicted octanol–water partition coefficient (Wildman–Crippen LogP) is 1.14. The van der Waals surface area contributed by atoms with Crippen LogP contribution >= 0.6 is 0 Å². The van der Waals surface area contributed by atoms with Crippen LogP contribution in [-0.2, 0) is 0 Å². The Morgan fingerprint density at radius 3 is 2.47 bits per heavy atom. The van der Waals surface area contributed by atoms with Gasteiger partial charge in [-0.05, 0) is 19.1 Å². The van der Waals surface area contributed by atoms with E-state index in [1.807, 2.05) is 11.0 Å². The molecule has 19 heavy (non-hydrogen) atoms. The summed E-state index contributed by atoms with van der Waals surface area (Å²) in [5.41, 5.74) is 0.501. The highest BCUT2D eigenvalue weighted by Crippen LogP contribution is 2.29. The molecule has 1 N–H and O–H groups in total. The number of benzene rings is 1. The number of carbonyl (C=O) groups excluding carboxylic acids is 1. The van der Waals surface area contributed by atoms with Gasteiger partial charge < -0.3 is 19.7 Å². The Hall–Kier alpha value is -1.75. The third-order valence-corrected chi connectivity index (χ3v) is 3.30. The van der Waals surface area contributed by atoms with Crippen molar-refractivity contribution in [2.24, 2.45) is 0 Å². The van der Waals surface area contributed by atoms with Gasteiger partial charge in [0.1, 0.15) is 17.1 Å². The summed E-state index contributed by atoms with van der Waals surface area (Å²) in [6.07, 6.45) is 0. The number of nitrogens with one attached hydrogen (secondary N) is 1. The third kappa shape index (κ3) is 2.81. The van der Waals surface area contributed by atoms with E-state index in [0.717, 1.165) is 6.54 Å². The maximum atomic E-state index is 12.6. The van der Waals surface area contributed by atoms with E-state index in [1.165, 1.54) is 0 Å². The minimum atomic E-state index is -0.0392. The zero-order valence-corrected chi connectivity index (χ0v) is 11.6. The molecule has 1 aliphatic rings. The molecule has 1 heterocycles. The molecule has 0 saturated carbocycles. The van der Waals surface area contributed by atoms with Gasteiger partial charge in [0.2, 0.25) is 0 Å². The second kappa shape index (κ2) is 5.93. The van der Waals surface area contributed by atoms with Crippen LogP contribution in [0.4, 0.5) is 0 Å². The fourth-order valence-corrected chi connectivity index (χ4v) is 2.34. The molecule has 0 aliphatic carbocycles. The zero-order valence-electron chi connectivity index (χ0n) is 11.6. The van der Waals surface area contributed by atoms with Crippen molar-refractivity contribution >= 4 is 5.91 Å². The smallest absolute Gasteiger partial charge is 0.261 e. The molecular formula is C14H20N2O3. The summed E-state index contributed by atoms with van der Waals surface area (Å²) in [6, 6.07) is 5.68. The van der Waals surface area contributed by atoms with Crippen molar-refractivity contribution in [1.82, 2.24) is 10.2 Å². The van der Waals surface area contributed by atoms with Crippen LogP contribution < -0.4 is 14.8 Å². The number of amides is 1. The summed E-state index contributed by atoms with van der Waals surface area (Å²) in [7, 11) is 3.12. The van der Waals surface area contributed by atoms with Gasteiger partial charge in [0.25, 0.3) is 5.91 Å². The highest BCUT2D eigenvalue weighted by molar-refractivity contribution is 5.99. The number of ether oxygens (including phenoxy) is 2. The lowest BCUT2D eigenvalue weighted by atomic mass is 10.1. The molecule has 0 aromatic heterocycles. The molecule has 1 fully saturated rings. The molecule has 0 bridgehead atoms. The van der Waals surface area contributed by atoms with Gasteiger partial charge in [-0.1, -0.05) is 6.07 Å². The molecule has 1 amide bonds. The SMILES string of the molecule is COc1cccc(OC)c1C(=O)N1CCNC(C)C1. The quantitative estimate of drug-likeness (QED) is 0.889. The largest absolute Gasteiger partial charge is 0.496 e. The Bertz CT molecular complexity index is 440. The second-order valence-corrected chi connectivity index (χ2v) is 4.64. The van der Waals surface area contributed by atoms with E-state index in [0.29, 0.717) is 36.2 Å². The zero-order chi connectivity index (χ0) is 13.8. The number of hydrogen-bond donors (Lipinski definition) is 1. The normalized spacial score (nSPS) is 19.1. The summed E-state index contributed by atoms with van der Waals surface area (Å²) < 4.78 is 10.6. The van der Waals surface area contributed by atoms with Gasteiger partial charge in [-0.3, -0.25) is 4.79 Å². The molecule has 2 rings (SSSR count). The van der Waals surface area contributed by atoms with E-state index in [9.17, 15) is 4.79 Å². The van der Waals surface area contributed by atoms with Gasteiger partial charge in [0, 0.05) is 25.7 Å². The van der Waals surface area contributed by atoms with Crippen molar-refractivity contribution in [3.05, 3.63) is 23.8 Å². The van der Waals surface area contributed by atoms with Crippen LogP contribution in [0.15, 0.2) is 18.2 Å². The molecule has 5 nitrogen and oxygen atoms in total. The van der Waals surface area contributed by atoms with E-state index < -0.39 is 0 Å². The van der Waals surface area contributed by atoms with Crippen molar-refractivity contribution in [3.63, 3.8) is 0 Å². The molecule has 1 aromatic rings. The van der Waals surface area contributed by atoms with Crippen LogP contribution in [0.1, 0.15) is 17.3 Å². The van der Waals surface area contributed by atoms with Gasteiger partial charge >= 0.3 is 0 Å². The maximum Gasteiger partial charge on any atom is 0.261 e. The molecule has 1 aromatic carbocycles. The van der Waals surface area contributed by atoms with E-state index in [4.69, 9.17) is 9.47 Å². The summed E-state index contributed by atoms with van der Waals surface area (Å²) in [5.74, 6) is 1.06. The van der Waals surface area contributed by atoms with Crippen molar-refractivity contribution in [2.75, 3.05) is 33.9 Å². The van der Waals surface area contributed by atoms with Gasteiger partial charge in [-0.2, -0.15) is 0 Å². The first-order valence-corrected chi connectivity index (χ1v) is 6.41. The molecule has 1 atom stereocenters. The van der Waals surface area contributed by atoms with Crippen LogP contribution in [0.25, 0.3) is 0 Å². The van der Waals surface area contributed by atoms with Crippen molar-refractivity contribution in [1.29, 1.82) is 0 Å². The topological polar surface area (TPSA) is 50.8 Å². The standard InChI is InChI=1S/C14H20N2O3/c1-10-9-16(8-7-15-10)14(17)13-11(18-2)5-4-6-12(13)19-3/h4-6,10,15H,7-9H2,1-3H3. The minimum Gasteiger partial charge on any atom is -0.496 e. The summed E-state index contributed by atoms with van der Waals surface area (Å²) in [4.78, 5) is 14.5. The number of rotatable bonds is 3. The Balaban J connectivity index is 2.31. The monoisotopic (exact) mass is 264 g/mol. The van der Waals surface area contributed by atoms with E-state index in [1.54, 1.807) is 26.4 Å². The Kier molecular flexibility index (Phi) is 4.27. The Labute approximate surface area is 113 Å². The first-order valence-electron chi connectivity index (χ1n) is 6.41. The third-order valence-electron chi connectivity index (χ3n) is 3.30. The summed E-state index contributed by atoms with van der Waals surface area (Å²) >= 11 is 0. The number of methoxy groups -OCH3 is 2. The van der Waals surface area contributed by atoms with E-state index in [2.05, 4.69) is 12.2 Å². The molecular weight excluding hydrogens is 244 g/mol. The number of piperazine rings is 1. The highest BCUT2D eigenvalue weighted by Gasteiger charge is 2.26. The summed E-state index contributed by atoms with van der Waals surface area (Å²) in [6.45, 7) is 4.27. The molecule has 1 aliphatic heterocycles. The molecule has 0 radical (unpaired) electrons. The lowest BCUT2D eigenvalue weighted by Crippen LogP contribution is -2.51. The van der Waals surface area contributed by atoms with Crippen LogP contribution in [0.3, 0.4) is 0 Å². The molecule has 5 heteroatoms. The Morgan fingerprint density at radius 1 is 1.32 bits per heavy atom. The number of hydrogen-bond acceptors (Lipinski definition) is 4. The maximum absolute atomic E-state index is 12.6. The average Bonchev–Trinajstić information content (AvgIpc) is 2.45. The first-order chi connectivity index (χ1) is 9.17. The fraction of sp³-hybridized carbons (Fsp3) is 0.500. The lowest BCUT2D eigenvalue weighted by Gasteiger charge is -2.32. The molecule has 0 spiro atoms. The van der Waals surface area contributed by atoms with Gasteiger partial charge in [-0.15, -0.1) is 0 Å². The van der Waals surface area contributed by atoms with E-state index >= 15 is 0 Å². The minimum absolute atomic E-state index is 0.0392. The van der Waals surface area contributed by atoms with Gasteiger partial charge in [0.15, 0.2) is 0 Å². The fourth-order valence-electron chi connectivity index (χ4n) is 2.34. The molecule has 104 valence electrons. The van der Waals surface area contributed by atoms with Crippen LogP contribution in [0.2, 0.25) is 0 Å². The lowest BCUT2D eigenvalue weighted by molar-refractivity contribution is 0.0702. The Morgan fingerprint density at radius 2 is 1.95 bits per heavy atom. The second-order valence-electron chi connectivity index (χ2n) is 4.64. The van der Waals surface area contributed by atoms with E-state index in [-0.39, 0.29) is 5.91 Å². The van der Waals surface area contributed by atoms with Crippen LogP contribution in [0, 0.1) is 0 Å². The average molecular weight is 264 g/mol. The van der Waals surface area contributed by atoms with Crippen LogP contribution in [-0.4, -0.2) is 50.7 Å².